The van der Waals surface area contributed by atoms with E-state index in [4.69, 9.17) is 0 Å². The Balaban J connectivity index is 1.91. The molecule has 190 valence electrons. The molecule has 0 saturated carbocycles. The third kappa shape index (κ3) is 4.65. The summed E-state index contributed by atoms with van der Waals surface area (Å²) in [5.41, 5.74) is -1.17. The highest BCUT2D eigenvalue weighted by Gasteiger charge is 2.30. The van der Waals surface area contributed by atoms with E-state index in [1.165, 1.54) is 39.3 Å². The molecule has 2 aromatic heterocycles. The van der Waals surface area contributed by atoms with Crippen molar-refractivity contribution in [1.29, 1.82) is 0 Å². The smallest absolute Gasteiger partial charge is 0.352 e. The van der Waals surface area contributed by atoms with Crippen LogP contribution in [-0.2, 0) is 12.7 Å². The fourth-order valence-electron chi connectivity index (χ4n) is 4.01. The van der Waals surface area contributed by atoms with Crippen LogP contribution in [0, 0.1) is 5.92 Å². The summed E-state index contributed by atoms with van der Waals surface area (Å²) in [6.45, 7) is 7.66. The maximum atomic E-state index is 13.4. The molecule has 0 aliphatic heterocycles. The second-order valence-corrected chi connectivity index (χ2v) is 9.38. The van der Waals surface area contributed by atoms with Crippen molar-refractivity contribution in [1.82, 2.24) is 24.1 Å². The lowest BCUT2D eigenvalue weighted by Gasteiger charge is -2.13. The standard InChI is InChI=1S/C25H26F3N5O3/c1-14(2)12-29-21(34)17-8-9-19-20(11-17)33-23(32(15(3)4)22(19)35)30-31(24(33)36)13-16-6-5-7-18(10-16)25(26,27)28/h5-11,14-15H,12-13H2,1-4H3,(H,29,34). The Morgan fingerprint density at radius 2 is 1.78 bits per heavy atom. The van der Waals surface area contributed by atoms with Crippen LogP contribution in [0.15, 0.2) is 52.1 Å². The minimum atomic E-state index is -4.53. The van der Waals surface area contributed by atoms with Crippen LogP contribution >= 0.6 is 0 Å². The van der Waals surface area contributed by atoms with Gasteiger partial charge in [-0.15, -0.1) is 5.10 Å². The molecule has 1 N–H and O–H groups in total. The molecule has 4 rings (SSSR count). The SMILES string of the molecule is CC(C)CNC(=O)c1ccc2c(=O)n(C(C)C)c3nn(Cc4cccc(C(F)(F)F)c4)c(=O)n3c2c1. The van der Waals surface area contributed by atoms with Crippen molar-refractivity contribution in [2.24, 2.45) is 5.92 Å². The lowest BCUT2D eigenvalue weighted by molar-refractivity contribution is -0.137. The Hall–Kier alpha value is -3.89. The van der Waals surface area contributed by atoms with Gasteiger partial charge in [-0.25, -0.2) is 13.9 Å². The maximum Gasteiger partial charge on any atom is 0.416 e. The predicted octanol–water partition coefficient (Wildman–Crippen LogP) is 3.84. The molecular weight excluding hydrogens is 475 g/mol. The first-order valence-corrected chi connectivity index (χ1v) is 11.5. The molecule has 0 aliphatic carbocycles. The zero-order valence-electron chi connectivity index (χ0n) is 20.3. The van der Waals surface area contributed by atoms with Gasteiger partial charge in [-0.1, -0.05) is 26.0 Å². The minimum absolute atomic E-state index is 0.0409. The largest absolute Gasteiger partial charge is 0.416 e. The summed E-state index contributed by atoms with van der Waals surface area (Å²) < 4.78 is 43.1. The molecule has 0 fully saturated rings. The summed E-state index contributed by atoms with van der Waals surface area (Å²) in [6, 6.07) is 8.76. The van der Waals surface area contributed by atoms with Gasteiger partial charge in [0.15, 0.2) is 0 Å². The molecule has 11 heteroatoms. The summed E-state index contributed by atoms with van der Waals surface area (Å²) in [5, 5.41) is 7.34. The van der Waals surface area contributed by atoms with Gasteiger partial charge in [0.05, 0.1) is 23.0 Å². The number of nitrogens with zero attached hydrogens (tertiary/aromatic N) is 4. The van der Waals surface area contributed by atoms with Gasteiger partial charge in [0.25, 0.3) is 11.5 Å². The number of carbonyl (C=O) groups excluding carboxylic acids is 1. The van der Waals surface area contributed by atoms with Gasteiger partial charge >= 0.3 is 11.9 Å². The fourth-order valence-corrected chi connectivity index (χ4v) is 4.01. The molecule has 4 aromatic rings. The van der Waals surface area contributed by atoms with Crippen LogP contribution in [0.25, 0.3) is 16.7 Å². The monoisotopic (exact) mass is 501 g/mol. The van der Waals surface area contributed by atoms with Crippen LogP contribution in [0.5, 0.6) is 0 Å². The molecule has 36 heavy (non-hydrogen) atoms. The molecule has 0 bridgehead atoms. The van der Waals surface area contributed by atoms with Crippen molar-refractivity contribution in [2.75, 3.05) is 6.54 Å². The molecule has 0 unspecified atom stereocenters. The van der Waals surface area contributed by atoms with Gasteiger partial charge in [0, 0.05) is 18.2 Å². The Labute approximate surface area is 204 Å². The van der Waals surface area contributed by atoms with Crippen LogP contribution in [0.4, 0.5) is 13.2 Å². The van der Waals surface area contributed by atoms with Crippen molar-refractivity contribution < 1.29 is 18.0 Å². The number of carbonyl (C=O) groups is 1. The molecule has 8 nitrogen and oxygen atoms in total. The summed E-state index contributed by atoms with van der Waals surface area (Å²) in [5.74, 6) is -0.0773. The summed E-state index contributed by atoms with van der Waals surface area (Å²) in [6.07, 6.45) is -4.53. The Bertz CT molecular complexity index is 1580. The van der Waals surface area contributed by atoms with E-state index in [2.05, 4.69) is 10.4 Å². The highest BCUT2D eigenvalue weighted by Crippen LogP contribution is 2.29. The highest BCUT2D eigenvalue weighted by atomic mass is 19.4. The number of halogens is 3. The van der Waals surface area contributed by atoms with Crippen LogP contribution in [0.2, 0.25) is 0 Å². The minimum Gasteiger partial charge on any atom is -0.352 e. The van der Waals surface area contributed by atoms with E-state index in [0.29, 0.717) is 6.54 Å². The highest BCUT2D eigenvalue weighted by molar-refractivity contribution is 5.98. The zero-order chi connectivity index (χ0) is 26.4. The quantitative estimate of drug-likeness (QED) is 0.435. The first kappa shape index (κ1) is 25.2. The number of aromatic nitrogens is 4. The Kier molecular flexibility index (Phi) is 6.50. The van der Waals surface area contributed by atoms with E-state index in [9.17, 15) is 27.6 Å². The molecule has 1 amide bonds. The number of benzene rings is 2. The normalized spacial score (nSPS) is 12.2. The van der Waals surface area contributed by atoms with E-state index in [1.54, 1.807) is 13.8 Å². The zero-order valence-corrected chi connectivity index (χ0v) is 20.3. The first-order chi connectivity index (χ1) is 16.9. The predicted molar refractivity (Wildman–Crippen MR) is 129 cm³/mol. The first-order valence-electron chi connectivity index (χ1n) is 11.5. The van der Waals surface area contributed by atoms with Crippen LogP contribution in [-0.4, -0.2) is 31.2 Å². The van der Waals surface area contributed by atoms with Crippen LogP contribution in [0.3, 0.4) is 0 Å². The van der Waals surface area contributed by atoms with E-state index in [1.807, 2.05) is 13.8 Å². The maximum absolute atomic E-state index is 13.4. The van der Waals surface area contributed by atoms with E-state index >= 15 is 0 Å². The van der Waals surface area contributed by atoms with Gasteiger partial charge in [-0.3, -0.25) is 14.2 Å². The number of hydrogen-bond donors (Lipinski definition) is 1. The van der Waals surface area contributed by atoms with E-state index in [0.717, 1.165) is 16.8 Å². The molecular formula is C25H26F3N5O3. The average Bonchev–Trinajstić information content (AvgIpc) is 3.12. The number of nitrogens with one attached hydrogen (secondary N) is 1. The van der Waals surface area contributed by atoms with Crippen LogP contribution in [0.1, 0.15) is 55.2 Å². The second kappa shape index (κ2) is 9.29. The molecule has 0 spiro atoms. The van der Waals surface area contributed by atoms with Gasteiger partial charge < -0.3 is 5.32 Å². The Morgan fingerprint density at radius 1 is 1.06 bits per heavy atom. The second-order valence-electron chi connectivity index (χ2n) is 9.38. The third-order valence-corrected chi connectivity index (χ3v) is 5.76. The number of alkyl halides is 3. The van der Waals surface area contributed by atoms with Gasteiger partial charge in [0.2, 0.25) is 5.78 Å². The fraction of sp³-hybridized carbons (Fsp3) is 0.360. The molecule has 0 radical (unpaired) electrons. The lowest BCUT2D eigenvalue weighted by Crippen LogP contribution is -2.29. The van der Waals surface area contributed by atoms with Gasteiger partial charge in [-0.05, 0) is 55.7 Å². The molecule has 0 aliphatic rings. The Morgan fingerprint density at radius 3 is 2.42 bits per heavy atom. The number of fused-ring (bicyclic) bond motifs is 3. The molecule has 2 heterocycles. The average molecular weight is 502 g/mol. The molecule has 2 aromatic carbocycles. The molecule has 0 saturated heterocycles. The van der Waals surface area contributed by atoms with Crippen molar-refractivity contribution >= 4 is 22.6 Å². The summed E-state index contributed by atoms with van der Waals surface area (Å²) in [4.78, 5) is 39.4. The number of rotatable bonds is 6. The number of hydrogen-bond acceptors (Lipinski definition) is 4. The van der Waals surface area contributed by atoms with Crippen molar-refractivity contribution in [2.45, 2.75) is 46.5 Å². The summed E-state index contributed by atoms with van der Waals surface area (Å²) >= 11 is 0. The van der Waals surface area contributed by atoms with E-state index in [-0.39, 0.29) is 52.2 Å². The number of amides is 1. The van der Waals surface area contributed by atoms with E-state index < -0.39 is 23.0 Å². The molecule has 0 atom stereocenters. The third-order valence-electron chi connectivity index (χ3n) is 5.76. The lowest BCUT2D eigenvalue weighted by atomic mass is 10.1. The summed E-state index contributed by atoms with van der Waals surface area (Å²) in [7, 11) is 0. The van der Waals surface area contributed by atoms with Crippen molar-refractivity contribution in [3.63, 3.8) is 0 Å². The van der Waals surface area contributed by atoms with Crippen molar-refractivity contribution in [3.8, 4) is 0 Å². The topological polar surface area (TPSA) is 90.4 Å². The van der Waals surface area contributed by atoms with Gasteiger partial charge in [0.1, 0.15) is 0 Å². The van der Waals surface area contributed by atoms with Crippen LogP contribution < -0.4 is 16.6 Å². The van der Waals surface area contributed by atoms with Crippen molar-refractivity contribution in [3.05, 3.63) is 80.0 Å². The van der Waals surface area contributed by atoms with Gasteiger partial charge in [-0.2, -0.15) is 13.2 Å².